The Morgan fingerprint density at radius 2 is 0.625 bits per heavy atom. The third kappa shape index (κ3) is 21.5. The van der Waals surface area contributed by atoms with E-state index in [-0.39, 0.29) is 23.8 Å². The molecule has 0 aliphatic rings. The van der Waals surface area contributed by atoms with Crippen molar-refractivity contribution in [3.63, 3.8) is 0 Å². The van der Waals surface area contributed by atoms with Crippen LogP contribution in [0.25, 0.3) is 0 Å². The molecule has 2 unspecified atom stereocenters. The van der Waals surface area contributed by atoms with Gasteiger partial charge in [-0.2, -0.15) is 23.6 Å². The van der Waals surface area contributed by atoms with E-state index in [9.17, 15) is 19.2 Å². The molecule has 0 aromatic rings. The average Bonchev–Trinajstić information content (AvgIpc) is 2.97. The number of carbonyl (C=O) groups excluding carboxylic acids is 4. The SMILES string of the molecule is NOC(=O)CCCCCCCC(CCCCCCCCC(CCCCCCCC(=O)ON)C(=O)ON)C(=O)ON. The Kier molecular flexibility index (Phi) is 25.4. The summed E-state index contributed by atoms with van der Waals surface area (Å²) in [6, 6.07) is 0. The van der Waals surface area contributed by atoms with Gasteiger partial charge >= 0.3 is 23.9 Å². The van der Waals surface area contributed by atoms with Crippen molar-refractivity contribution in [2.24, 2.45) is 35.4 Å². The zero-order valence-corrected chi connectivity index (χ0v) is 24.3. The van der Waals surface area contributed by atoms with E-state index in [1.165, 1.54) is 0 Å². The summed E-state index contributed by atoms with van der Waals surface area (Å²) in [4.78, 5) is 63.4. The molecule has 0 aromatic heterocycles. The molecule has 0 spiro atoms. The first-order valence-electron chi connectivity index (χ1n) is 15.0. The molecule has 0 aliphatic heterocycles. The van der Waals surface area contributed by atoms with Crippen molar-refractivity contribution in [1.29, 1.82) is 0 Å². The minimum atomic E-state index is -0.392. The molecule has 0 radical (unpaired) electrons. The molecule has 0 heterocycles. The second kappa shape index (κ2) is 26.9. The number of hydrogen-bond acceptors (Lipinski definition) is 12. The molecule has 0 bridgehead atoms. The first-order valence-corrected chi connectivity index (χ1v) is 15.0. The quantitative estimate of drug-likeness (QED) is 0.0791. The Labute approximate surface area is 239 Å². The van der Waals surface area contributed by atoms with Crippen LogP contribution in [0.2, 0.25) is 0 Å². The normalized spacial score (nSPS) is 12.4. The fourth-order valence-electron chi connectivity index (χ4n) is 4.94. The van der Waals surface area contributed by atoms with Gasteiger partial charge in [-0.15, -0.1) is 0 Å². The highest BCUT2D eigenvalue weighted by Gasteiger charge is 2.20. The Hall–Kier alpha value is -2.28. The Morgan fingerprint density at radius 1 is 0.375 bits per heavy atom. The van der Waals surface area contributed by atoms with Gasteiger partial charge in [0.1, 0.15) is 0 Å². The van der Waals surface area contributed by atoms with Gasteiger partial charge in [-0.1, -0.05) is 89.9 Å². The van der Waals surface area contributed by atoms with E-state index in [0.29, 0.717) is 12.8 Å². The van der Waals surface area contributed by atoms with Crippen LogP contribution in [0.5, 0.6) is 0 Å². The maximum Gasteiger partial charge on any atom is 0.327 e. The molecule has 40 heavy (non-hydrogen) atoms. The van der Waals surface area contributed by atoms with Gasteiger partial charge in [0.2, 0.25) is 0 Å². The van der Waals surface area contributed by atoms with Crippen LogP contribution in [0, 0.1) is 11.8 Å². The highest BCUT2D eigenvalue weighted by atomic mass is 16.7. The second-order valence-electron chi connectivity index (χ2n) is 10.6. The van der Waals surface area contributed by atoms with E-state index < -0.39 is 11.9 Å². The van der Waals surface area contributed by atoms with Crippen molar-refractivity contribution in [2.75, 3.05) is 0 Å². The molecule has 0 aliphatic carbocycles. The van der Waals surface area contributed by atoms with E-state index in [4.69, 9.17) is 23.6 Å². The van der Waals surface area contributed by atoms with Crippen molar-refractivity contribution in [1.82, 2.24) is 0 Å². The maximum absolute atomic E-state index is 12.0. The fourth-order valence-corrected chi connectivity index (χ4v) is 4.94. The van der Waals surface area contributed by atoms with Gasteiger partial charge in [-0.25, -0.2) is 0 Å². The lowest BCUT2D eigenvalue weighted by Gasteiger charge is -2.14. The van der Waals surface area contributed by atoms with E-state index >= 15 is 0 Å². The van der Waals surface area contributed by atoms with Crippen molar-refractivity contribution in [3.05, 3.63) is 0 Å². The summed E-state index contributed by atoms with van der Waals surface area (Å²) in [5.41, 5.74) is 0. The summed E-state index contributed by atoms with van der Waals surface area (Å²) in [5.74, 6) is 18.1. The minimum absolute atomic E-state index is 0.178. The minimum Gasteiger partial charge on any atom is -0.373 e. The van der Waals surface area contributed by atoms with Gasteiger partial charge in [0.25, 0.3) is 0 Å². The molecule has 12 heteroatoms. The van der Waals surface area contributed by atoms with Crippen LogP contribution in [-0.2, 0) is 38.5 Å². The van der Waals surface area contributed by atoms with Gasteiger partial charge in [0, 0.05) is 12.8 Å². The summed E-state index contributed by atoms with van der Waals surface area (Å²) in [5, 5.41) is 0. The summed E-state index contributed by atoms with van der Waals surface area (Å²) < 4.78 is 0. The van der Waals surface area contributed by atoms with Crippen molar-refractivity contribution in [3.8, 4) is 0 Å². The highest BCUT2D eigenvalue weighted by Crippen LogP contribution is 2.22. The largest absolute Gasteiger partial charge is 0.373 e. The summed E-state index contributed by atoms with van der Waals surface area (Å²) in [6.07, 6.45) is 18.9. The summed E-state index contributed by atoms with van der Waals surface area (Å²) >= 11 is 0. The highest BCUT2D eigenvalue weighted by molar-refractivity contribution is 5.72. The van der Waals surface area contributed by atoms with Crippen LogP contribution in [-0.4, -0.2) is 23.9 Å². The summed E-state index contributed by atoms with van der Waals surface area (Å²) in [6.45, 7) is 0. The molecule has 0 aromatic carbocycles. The van der Waals surface area contributed by atoms with Crippen molar-refractivity contribution >= 4 is 23.9 Å². The standard InChI is InChI=1S/C28H54N4O8/c29-37-25(33)21-15-9-3-7-13-19-23(27(35)39-31)17-11-5-1-2-6-12-18-24(28(36)40-32)20-14-8-4-10-16-22-26(34)38-30/h23-24H,1-22,29-32H2. The number of carbonyl (C=O) groups is 4. The number of rotatable bonds is 27. The monoisotopic (exact) mass is 574 g/mol. The van der Waals surface area contributed by atoms with Gasteiger partial charge in [0.05, 0.1) is 11.8 Å². The van der Waals surface area contributed by atoms with Crippen LogP contribution in [0.4, 0.5) is 0 Å². The average molecular weight is 575 g/mol. The Balaban J connectivity index is 3.96. The molecule has 0 saturated carbocycles. The lowest BCUT2D eigenvalue weighted by Crippen LogP contribution is -2.21. The predicted molar refractivity (Wildman–Crippen MR) is 150 cm³/mol. The third-order valence-corrected chi connectivity index (χ3v) is 7.38. The molecular formula is C28H54N4O8. The van der Waals surface area contributed by atoms with Crippen LogP contribution in [0.1, 0.15) is 141 Å². The Bertz CT molecular complexity index is 625. The molecule has 12 nitrogen and oxygen atoms in total. The molecule has 0 saturated heterocycles. The Morgan fingerprint density at radius 3 is 0.875 bits per heavy atom. The second-order valence-corrected chi connectivity index (χ2v) is 10.6. The van der Waals surface area contributed by atoms with E-state index in [1.807, 2.05) is 0 Å². The zero-order valence-electron chi connectivity index (χ0n) is 24.3. The van der Waals surface area contributed by atoms with E-state index in [0.717, 1.165) is 128 Å². The first-order chi connectivity index (χ1) is 19.4. The first kappa shape index (κ1) is 37.7. The van der Waals surface area contributed by atoms with Crippen molar-refractivity contribution < 1.29 is 38.5 Å². The molecule has 0 fully saturated rings. The van der Waals surface area contributed by atoms with Gasteiger partial charge in [0.15, 0.2) is 0 Å². The number of hydrogen-bond donors (Lipinski definition) is 4. The fraction of sp³-hybridized carbons (Fsp3) is 0.857. The maximum atomic E-state index is 12.0. The zero-order chi connectivity index (χ0) is 29.8. The van der Waals surface area contributed by atoms with Gasteiger partial charge in [-0.05, 0) is 38.5 Å². The lowest BCUT2D eigenvalue weighted by molar-refractivity contribution is -0.150. The summed E-state index contributed by atoms with van der Waals surface area (Å²) in [7, 11) is 0. The topological polar surface area (TPSA) is 209 Å². The van der Waals surface area contributed by atoms with Crippen molar-refractivity contribution in [2.45, 2.75) is 141 Å². The van der Waals surface area contributed by atoms with Crippen LogP contribution in [0.3, 0.4) is 0 Å². The predicted octanol–water partition coefficient (Wildman–Crippen LogP) is 4.47. The van der Waals surface area contributed by atoms with Gasteiger partial charge < -0.3 is 19.4 Å². The third-order valence-electron chi connectivity index (χ3n) is 7.38. The van der Waals surface area contributed by atoms with Crippen LogP contribution >= 0.6 is 0 Å². The van der Waals surface area contributed by atoms with Crippen LogP contribution in [0.15, 0.2) is 0 Å². The smallest absolute Gasteiger partial charge is 0.327 e. The lowest BCUT2D eigenvalue weighted by atomic mass is 9.93. The molecule has 234 valence electrons. The molecule has 8 N–H and O–H groups in total. The molecule has 0 rings (SSSR count). The molecular weight excluding hydrogens is 520 g/mol. The number of unbranched alkanes of at least 4 members (excludes halogenated alkanes) is 13. The molecule has 2 atom stereocenters. The van der Waals surface area contributed by atoms with E-state index in [2.05, 4.69) is 19.4 Å². The van der Waals surface area contributed by atoms with Crippen LogP contribution < -0.4 is 23.6 Å². The van der Waals surface area contributed by atoms with E-state index in [1.54, 1.807) is 0 Å². The molecule has 0 amide bonds. The van der Waals surface area contributed by atoms with Gasteiger partial charge in [-0.3, -0.25) is 19.2 Å². The number of nitrogens with two attached hydrogens (primary N) is 4.